The molecule has 7 heteroatoms. The van der Waals surface area contributed by atoms with Crippen molar-refractivity contribution in [3.63, 3.8) is 0 Å². The number of anilines is 1. The highest BCUT2D eigenvalue weighted by Gasteiger charge is 2.35. The van der Waals surface area contributed by atoms with Crippen molar-refractivity contribution in [1.29, 1.82) is 0 Å². The molecule has 19 heavy (non-hydrogen) atoms. The van der Waals surface area contributed by atoms with Crippen LogP contribution in [0.15, 0.2) is 24.3 Å². The van der Waals surface area contributed by atoms with Crippen molar-refractivity contribution in [2.45, 2.75) is 6.04 Å². The summed E-state index contributed by atoms with van der Waals surface area (Å²) < 4.78 is 5.06. The molecule has 0 saturated carbocycles. The van der Waals surface area contributed by atoms with Crippen LogP contribution in [0.5, 0.6) is 0 Å². The van der Waals surface area contributed by atoms with E-state index >= 15 is 0 Å². The first-order valence-corrected chi connectivity index (χ1v) is 6.07. The van der Waals surface area contributed by atoms with E-state index in [2.05, 4.69) is 10.6 Å². The molecule has 2 amide bonds. The van der Waals surface area contributed by atoms with Crippen LogP contribution in [-0.2, 0) is 9.53 Å². The number of carbonyl (C=O) groups is 2. The second kappa shape index (κ2) is 5.90. The zero-order chi connectivity index (χ0) is 13.8. The molecule has 2 atom stereocenters. The number of halogens is 1. The van der Waals surface area contributed by atoms with Gasteiger partial charge in [0.25, 0.3) is 0 Å². The standard InChI is InChI=1S/C12H13ClN2O4/c13-7-1-3-8(4-2-7)14-12(18)15-10-6-19-5-9(10)11(16)17/h1-4,9-10H,5-6H2,(H,16,17)(H2,14,15,18). The quantitative estimate of drug-likeness (QED) is 0.786. The smallest absolute Gasteiger partial charge is 0.319 e. The van der Waals surface area contributed by atoms with Gasteiger partial charge < -0.3 is 20.5 Å². The average Bonchev–Trinajstić information content (AvgIpc) is 2.80. The lowest BCUT2D eigenvalue weighted by Gasteiger charge is -2.16. The van der Waals surface area contributed by atoms with E-state index in [1.54, 1.807) is 24.3 Å². The van der Waals surface area contributed by atoms with Gasteiger partial charge >= 0.3 is 12.0 Å². The van der Waals surface area contributed by atoms with Crippen LogP contribution in [0, 0.1) is 5.92 Å². The SMILES string of the molecule is O=C(Nc1ccc(Cl)cc1)NC1COCC1C(=O)O. The summed E-state index contributed by atoms with van der Waals surface area (Å²) in [6.07, 6.45) is 0. The number of benzene rings is 1. The molecule has 6 nitrogen and oxygen atoms in total. The van der Waals surface area contributed by atoms with Gasteiger partial charge in [-0.1, -0.05) is 11.6 Å². The maximum atomic E-state index is 11.7. The second-order valence-electron chi connectivity index (χ2n) is 4.19. The van der Waals surface area contributed by atoms with E-state index in [9.17, 15) is 9.59 Å². The van der Waals surface area contributed by atoms with Crippen molar-refractivity contribution in [2.75, 3.05) is 18.5 Å². The normalized spacial score (nSPS) is 21.9. The molecule has 3 N–H and O–H groups in total. The van der Waals surface area contributed by atoms with E-state index in [1.807, 2.05) is 0 Å². The first-order valence-electron chi connectivity index (χ1n) is 5.70. The molecule has 0 aliphatic carbocycles. The fourth-order valence-electron chi connectivity index (χ4n) is 1.81. The molecule has 1 aromatic rings. The minimum Gasteiger partial charge on any atom is -0.481 e. The number of carboxylic acids is 1. The second-order valence-corrected chi connectivity index (χ2v) is 4.63. The predicted octanol–water partition coefficient (Wildman–Crippen LogP) is 1.56. The Kier molecular flexibility index (Phi) is 4.24. The third-order valence-corrected chi connectivity index (χ3v) is 3.07. The Morgan fingerprint density at radius 2 is 1.95 bits per heavy atom. The summed E-state index contributed by atoms with van der Waals surface area (Å²) in [4.78, 5) is 22.6. The van der Waals surface area contributed by atoms with Crippen molar-refractivity contribution in [1.82, 2.24) is 5.32 Å². The van der Waals surface area contributed by atoms with E-state index in [-0.39, 0.29) is 13.2 Å². The van der Waals surface area contributed by atoms with Crippen LogP contribution in [0.2, 0.25) is 5.02 Å². The highest BCUT2D eigenvalue weighted by molar-refractivity contribution is 6.30. The largest absolute Gasteiger partial charge is 0.481 e. The molecule has 1 aliphatic heterocycles. The molecule has 1 aromatic carbocycles. The van der Waals surface area contributed by atoms with Crippen molar-refractivity contribution < 1.29 is 19.4 Å². The molecular weight excluding hydrogens is 272 g/mol. The summed E-state index contributed by atoms with van der Waals surface area (Å²) in [5.41, 5.74) is 0.577. The molecule has 2 unspecified atom stereocenters. The van der Waals surface area contributed by atoms with E-state index in [0.717, 1.165) is 0 Å². The van der Waals surface area contributed by atoms with Gasteiger partial charge in [0.15, 0.2) is 0 Å². The summed E-state index contributed by atoms with van der Waals surface area (Å²) in [5.74, 6) is -1.69. The Labute approximate surface area is 114 Å². The van der Waals surface area contributed by atoms with Crippen LogP contribution >= 0.6 is 11.6 Å². The molecule has 0 spiro atoms. The predicted molar refractivity (Wildman–Crippen MR) is 69.3 cm³/mol. The van der Waals surface area contributed by atoms with Crippen LogP contribution in [0.1, 0.15) is 0 Å². The third kappa shape index (κ3) is 3.59. The molecule has 102 valence electrons. The summed E-state index contributed by atoms with van der Waals surface area (Å²) in [6, 6.07) is 5.61. The number of hydrogen-bond donors (Lipinski definition) is 3. The van der Waals surface area contributed by atoms with Crippen LogP contribution in [0.4, 0.5) is 10.5 Å². The van der Waals surface area contributed by atoms with Gasteiger partial charge in [-0.25, -0.2) is 4.79 Å². The van der Waals surface area contributed by atoms with E-state index in [1.165, 1.54) is 0 Å². The lowest BCUT2D eigenvalue weighted by Crippen LogP contribution is -2.44. The molecule has 0 bridgehead atoms. The number of aliphatic carboxylic acids is 1. The van der Waals surface area contributed by atoms with Gasteiger partial charge in [-0.2, -0.15) is 0 Å². The molecule has 2 rings (SSSR count). The maximum absolute atomic E-state index is 11.7. The van der Waals surface area contributed by atoms with Crippen LogP contribution in [0.3, 0.4) is 0 Å². The summed E-state index contributed by atoms with van der Waals surface area (Å²) in [5, 5.41) is 14.7. The zero-order valence-electron chi connectivity index (χ0n) is 9.93. The van der Waals surface area contributed by atoms with E-state index in [4.69, 9.17) is 21.4 Å². The number of nitrogens with one attached hydrogen (secondary N) is 2. The topological polar surface area (TPSA) is 87.7 Å². The number of carbonyl (C=O) groups excluding carboxylic acids is 1. The number of rotatable bonds is 3. The minimum absolute atomic E-state index is 0.112. The van der Waals surface area contributed by atoms with Crippen molar-refractivity contribution in [2.24, 2.45) is 5.92 Å². The Bertz CT molecular complexity index is 477. The third-order valence-electron chi connectivity index (χ3n) is 2.82. The van der Waals surface area contributed by atoms with Crippen LogP contribution in [0.25, 0.3) is 0 Å². The Balaban J connectivity index is 1.90. The number of urea groups is 1. The lowest BCUT2D eigenvalue weighted by atomic mass is 10.0. The van der Waals surface area contributed by atoms with Crippen molar-refractivity contribution in [3.05, 3.63) is 29.3 Å². The lowest BCUT2D eigenvalue weighted by molar-refractivity contribution is -0.142. The molecule has 1 fully saturated rings. The first-order chi connectivity index (χ1) is 9.06. The Morgan fingerprint density at radius 1 is 1.26 bits per heavy atom. The first kappa shape index (κ1) is 13.6. The van der Waals surface area contributed by atoms with Gasteiger partial charge in [0.05, 0.1) is 19.3 Å². The number of ether oxygens (including phenoxy) is 1. The monoisotopic (exact) mass is 284 g/mol. The molecule has 1 saturated heterocycles. The Hall–Kier alpha value is -1.79. The molecule has 1 aliphatic rings. The fraction of sp³-hybridized carbons (Fsp3) is 0.333. The van der Waals surface area contributed by atoms with Gasteiger partial charge in [0.1, 0.15) is 5.92 Å². The molecule has 0 radical (unpaired) electrons. The summed E-state index contributed by atoms with van der Waals surface area (Å²) in [7, 11) is 0. The maximum Gasteiger partial charge on any atom is 0.319 e. The molecular formula is C12H13ClN2O4. The summed E-state index contributed by atoms with van der Waals surface area (Å²) in [6.45, 7) is 0.312. The average molecular weight is 285 g/mol. The highest BCUT2D eigenvalue weighted by atomic mass is 35.5. The highest BCUT2D eigenvalue weighted by Crippen LogP contribution is 2.15. The van der Waals surface area contributed by atoms with Crippen molar-refractivity contribution in [3.8, 4) is 0 Å². The van der Waals surface area contributed by atoms with Crippen LogP contribution < -0.4 is 10.6 Å². The van der Waals surface area contributed by atoms with Gasteiger partial charge in [-0.15, -0.1) is 0 Å². The van der Waals surface area contributed by atoms with Gasteiger partial charge in [0, 0.05) is 10.7 Å². The van der Waals surface area contributed by atoms with Gasteiger partial charge in [0.2, 0.25) is 0 Å². The number of carboxylic acid groups (broad SMARTS) is 1. The number of amides is 2. The number of hydrogen-bond acceptors (Lipinski definition) is 3. The molecule has 0 aromatic heterocycles. The Morgan fingerprint density at radius 3 is 2.58 bits per heavy atom. The van der Waals surface area contributed by atoms with Crippen LogP contribution in [-0.4, -0.2) is 36.4 Å². The van der Waals surface area contributed by atoms with Gasteiger partial charge in [-0.05, 0) is 24.3 Å². The van der Waals surface area contributed by atoms with E-state index < -0.39 is 24.0 Å². The van der Waals surface area contributed by atoms with E-state index in [0.29, 0.717) is 10.7 Å². The zero-order valence-corrected chi connectivity index (χ0v) is 10.7. The van der Waals surface area contributed by atoms with Gasteiger partial charge in [-0.3, -0.25) is 4.79 Å². The fourth-order valence-corrected chi connectivity index (χ4v) is 1.93. The summed E-state index contributed by atoms with van der Waals surface area (Å²) >= 11 is 5.73. The minimum atomic E-state index is -0.978. The van der Waals surface area contributed by atoms with Crippen molar-refractivity contribution >= 4 is 29.3 Å². The molecule has 1 heterocycles.